The van der Waals surface area contributed by atoms with Crippen LogP contribution in [0.1, 0.15) is 73.1 Å². The summed E-state index contributed by atoms with van der Waals surface area (Å²) in [6.45, 7) is 33.0. The van der Waals surface area contributed by atoms with Crippen LogP contribution in [-0.4, -0.2) is 39.5 Å². The van der Waals surface area contributed by atoms with Gasteiger partial charge in [0, 0.05) is 33.1 Å². The van der Waals surface area contributed by atoms with E-state index in [1.165, 1.54) is 0 Å². The van der Waals surface area contributed by atoms with Gasteiger partial charge in [0.15, 0.2) is 0 Å². The zero-order valence-electron chi connectivity index (χ0n) is 17.8. The third-order valence-electron chi connectivity index (χ3n) is 8.22. The Morgan fingerprint density at radius 1 is 0.964 bits per heavy atom. The molecule has 0 radical (unpaired) electrons. The smallest absolute Gasteiger partial charge is 0.255 e. The van der Waals surface area contributed by atoms with Crippen molar-refractivity contribution in [2.24, 2.45) is 17.8 Å². The maximum atomic E-state index is 11.0. The normalized spacial score (nSPS) is 48.8. The van der Waals surface area contributed by atoms with E-state index in [1.807, 2.05) is 20.8 Å². The van der Waals surface area contributed by atoms with Crippen LogP contribution >= 0.6 is 0 Å². The van der Waals surface area contributed by atoms with Crippen molar-refractivity contribution in [1.82, 2.24) is 0 Å². The fourth-order valence-electron chi connectivity index (χ4n) is 6.25. The number of nitrogens with zero attached hydrogens (tertiary/aromatic N) is 3. The Morgan fingerprint density at radius 3 is 2.18 bits per heavy atom. The second-order valence-corrected chi connectivity index (χ2v) is 10.5. The molecule has 1 heterocycles. The van der Waals surface area contributed by atoms with Crippen molar-refractivity contribution < 1.29 is 9.84 Å². The Hall–Kier alpha value is -1.61. The van der Waals surface area contributed by atoms with E-state index in [0.717, 1.165) is 32.1 Å². The minimum atomic E-state index is -1.02. The highest BCUT2D eigenvalue weighted by Crippen LogP contribution is 2.58. The molecule has 5 heteroatoms. The predicted molar refractivity (Wildman–Crippen MR) is 108 cm³/mol. The molecule has 2 aliphatic carbocycles. The van der Waals surface area contributed by atoms with E-state index in [9.17, 15) is 5.11 Å². The first-order valence-electron chi connectivity index (χ1n) is 10.5. The lowest BCUT2D eigenvalue weighted by molar-refractivity contribution is -0.147. The van der Waals surface area contributed by atoms with E-state index in [2.05, 4.69) is 21.5 Å². The molecule has 3 aliphatic rings. The largest absolute Gasteiger partial charge is 0.382 e. The van der Waals surface area contributed by atoms with Crippen LogP contribution in [0, 0.1) is 37.5 Å². The number of fused-ring (bicyclic) bond motifs is 1. The van der Waals surface area contributed by atoms with Gasteiger partial charge in [-0.3, -0.25) is 0 Å². The highest BCUT2D eigenvalue weighted by atomic mass is 16.5. The van der Waals surface area contributed by atoms with Gasteiger partial charge >= 0.3 is 0 Å². The predicted octanol–water partition coefficient (Wildman–Crippen LogP) is 4.78. The van der Waals surface area contributed by atoms with Gasteiger partial charge in [0.2, 0.25) is 5.54 Å². The topological polar surface area (TPSA) is 42.5 Å². The summed E-state index contributed by atoms with van der Waals surface area (Å²) < 4.78 is 6.58. The van der Waals surface area contributed by atoms with Crippen molar-refractivity contribution in [3.8, 4) is 0 Å². The van der Waals surface area contributed by atoms with Crippen molar-refractivity contribution in [3.05, 3.63) is 34.3 Å². The lowest BCUT2D eigenvalue weighted by Gasteiger charge is -2.53. The summed E-state index contributed by atoms with van der Waals surface area (Å²) in [5, 5.41) is 11.0. The highest BCUT2D eigenvalue weighted by Gasteiger charge is 2.66. The van der Waals surface area contributed by atoms with Gasteiger partial charge in [0.1, 0.15) is 11.7 Å². The fourth-order valence-corrected chi connectivity index (χ4v) is 6.25. The molecule has 3 rings (SSSR count). The maximum Gasteiger partial charge on any atom is 0.255 e. The molecule has 1 unspecified atom stereocenters. The molecule has 0 aromatic heterocycles. The van der Waals surface area contributed by atoms with Gasteiger partial charge in [-0.2, -0.15) is 0 Å². The van der Waals surface area contributed by atoms with Gasteiger partial charge in [-0.05, 0) is 51.9 Å². The van der Waals surface area contributed by atoms with Gasteiger partial charge in [-0.15, -0.1) is 0 Å². The Morgan fingerprint density at radius 2 is 1.61 bits per heavy atom. The molecule has 0 aromatic carbocycles. The Balaban J connectivity index is 1.99. The second kappa shape index (κ2) is 6.73. The number of ether oxygens (including phenoxy) is 1. The Kier molecular flexibility index (Phi) is 5.07. The number of hydrogen-bond donors (Lipinski definition) is 1. The first-order valence-corrected chi connectivity index (χ1v) is 10.5. The molecule has 3 fully saturated rings. The van der Waals surface area contributed by atoms with Crippen LogP contribution in [0.2, 0.25) is 0 Å². The monoisotopic (exact) mass is 383 g/mol. The molecule has 0 amide bonds. The Labute approximate surface area is 169 Å². The molecule has 0 bridgehead atoms. The van der Waals surface area contributed by atoms with Gasteiger partial charge < -0.3 is 24.4 Å². The number of rotatable bonds is 2. The van der Waals surface area contributed by atoms with Crippen molar-refractivity contribution in [1.29, 1.82) is 0 Å². The lowest BCUT2D eigenvalue weighted by Crippen LogP contribution is -2.61. The van der Waals surface area contributed by atoms with Crippen LogP contribution in [0.15, 0.2) is 0 Å². The third-order valence-corrected chi connectivity index (χ3v) is 8.22. The van der Waals surface area contributed by atoms with Crippen LogP contribution in [-0.2, 0) is 4.74 Å². The zero-order chi connectivity index (χ0) is 21.0. The Bertz CT molecular complexity index is 755. The summed E-state index contributed by atoms with van der Waals surface area (Å²) in [7, 11) is 0. The fraction of sp³-hybridized carbons (Fsp3) is 0.870. The SMILES string of the molecule is [C-]#[N+][C@@H]1C2[C@@H]([C@@]3(C)CC[C@@H](C(C)(C)[N+]#[C-])O3)CC[C@](C)([N+]#[C-])[C@H]2CC[C@@]1(C)O. The van der Waals surface area contributed by atoms with Gasteiger partial charge in [-0.25, -0.2) is 19.7 Å². The molecule has 0 aromatic rings. The summed E-state index contributed by atoms with van der Waals surface area (Å²) in [6.07, 6.45) is 4.61. The van der Waals surface area contributed by atoms with Crippen molar-refractivity contribution >= 4 is 0 Å². The van der Waals surface area contributed by atoms with Crippen LogP contribution < -0.4 is 0 Å². The van der Waals surface area contributed by atoms with E-state index in [0.29, 0.717) is 6.42 Å². The van der Waals surface area contributed by atoms with Gasteiger partial charge in [-0.1, -0.05) is 0 Å². The van der Waals surface area contributed by atoms with E-state index in [1.54, 1.807) is 6.92 Å². The quantitative estimate of drug-likeness (QED) is 0.698. The average molecular weight is 384 g/mol. The first kappa shape index (κ1) is 21.1. The molecular weight excluding hydrogens is 350 g/mol. The molecule has 8 atom stereocenters. The molecule has 0 spiro atoms. The molecule has 2 saturated carbocycles. The van der Waals surface area contributed by atoms with Crippen LogP contribution in [0.3, 0.4) is 0 Å². The van der Waals surface area contributed by atoms with Gasteiger partial charge in [0.25, 0.3) is 11.6 Å². The first-order chi connectivity index (χ1) is 12.9. The highest BCUT2D eigenvalue weighted by molar-refractivity contribution is 5.19. The average Bonchev–Trinajstić information content (AvgIpc) is 3.05. The molecule has 1 aliphatic heterocycles. The third kappa shape index (κ3) is 3.12. The lowest BCUT2D eigenvalue weighted by atomic mass is 9.51. The van der Waals surface area contributed by atoms with E-state index in [4.69, 9.17) is 24.5 Å². The summed E-state index contributed by atoms with van der Waals surface area (Å²) in [4.78, 5) is 11.7. The zero-order valence-corrected chi connectivity index (χ0v) is 17.8. The number of hydrogen-bond acceptors (Lipinski definition) is 2. The molecule has 28 heavy (non-hydrogen) atoms. The van der Waals surface area contributed by atoms with Crippen molar-refractivity contribution in [2.75, 3.05) is 0 Å². The summed E-state index contributed by atoms with van der Waals surface area (Å²) in [5.74, 6) is 0.190. The van der Waals surface area contributed by atoms with E-state index >= 15 is 0 Å². The second-order valence-electron chi connectivity index (χ2n) is 10.5. The summed E-state index contributed by atoms with van der Waals surface area (Å²) >= 11 is 0. The number of aliphatic hydroxyl groups is 1. The molecule has 1 saturated heterocycles. The molecule has 152 valence electrons. The van der Waals surface area contributed by atoms with Crippen LogP contribution in [0.25, 0.3) is 14.5 Å². The minimum absolute atomic E-state index is 0.0473. The van der Waals surface area contributed by atoms with Crippen LogP contribution in [0.5, 0.6) is 0 Å². The van der Waals surface area contributed by atoms with Crippen LogP contribution in [0.4, 0.5) is 0 Å². The van der Waals surface area contributed by atoms with Crippen molar-refractivity contribution in [3.63, 3.8) is 0 Å². The molecular formula is C23H33N3O2. The molecule has 1 N–H and O–H groups in total. The summed E-state index contributed by atoms with van der Waals surface area (Å²) in [5.41, 5.74) is -2.46. The van der Waals surface area contributed by atoms with Gasteiger partial charge in [0.05, 0.1) is 11.5 Å². The maximum absolute atomic E-state index is 11.0. The minimum Gasteiger partial charge on any atom is -0.382 e. The van der Waals surface area contributed by atoms with E-state index in [-0.39, 0.29) is 23.9 Å². The molecule has 5 nitrogen and oxygen atoms in total. The standard InChI is InChI=1S/C23H33N3O2/c1-20(2,25-7)17-11-14-23(5,28-17)16-9-12-21(3,26-8)15-10-13-22(4,27)19(24-6)18(15)16/h15-19,27H,9-14H2,1-5H3/t15-,16-,17-,18?,19+,21-,22+,23+/m0/s1. The summed E-state index contributed by atoms with van der Waals surface area (Å²) in [6, 6.07) is -0.508. The van der Waals surface area contributed by atoms with Crippen molar-refractivity contribution in [2.45, 2.75) is 108 Å². The van der Waals surface area contributed by atoms with E-state index < -0.39 is 28.3 Å².